The van der Waals surface area contributed by atoms with E-state index in [2.05, 4.69) is 32.8 Å². The van der Waals surface area contributed by atoms with E-state index in [1.165, 1.54) is 0 Å². The number of ether oxygens (including phenoxy) is 2. The number of nitrogens with zero attached hydrogens (tertiary/aromatic N) is 2. The Labute approximate surface area is 120 Å². The smallest absolute Gasteiger partial charge is 0.321 e. The number of hydrogen-bond donors (Lipinski definition) is 0. The molecule has 2 rings (SSSR count). The highest BCUT2D eigenvalue weighted by molar-refractivity contribution is 9.08. The Hall–Kier alpha value is -1.62. The average Bonchev–Trinajstić information content (AvgIpc) is 2.47. The van der Waals surface area contributed by atoms with Crippen LogP contribution in [0.25, 0.3) is 0 Å². The first-order valence-corrected chi connectivity index (χ1v) is 7.21. The highest BCUT2D eigenvalue weighted by atomic mass is 79.9. The van der Waals surface area contributed by atoms with Gasteiger partial charge in [-0.3, -0.25) is 0 Å². The van der Waals surface area contributed by atoms with Crippen LogP contribution in [-0.2, 0) is 5.33 Å². The minimum Gasteiger partial charge on any atom is -0.494 e. The van der Waals surface area contributed by atoms with Crippen molar-refractivity contribution < 1.29 is 9.47 Å². The molecule has 0 unspecified atom stereocenters. The van der Waals surface area contributed by atoms with Gasteiger partial charge in [-0.25, -0.2) is 9.97 Å². The minimum atomic E-state index is 0.340. The van der Waals surface area contributed by atoms with Crippen molar-refractivity contribution in [1.29, 1.82) is 0 Å². The molecule has 0 atom stereocenters. The fourth-order valence-electron chi connectivity index (χ4n) is 1.39. The van der Waals surface area contributed by atoms with Gasteiger partial charge in [-0.1, -0.05) is 22.9 Å². The summed E-state index contributed by atoms with van der Waals surface area (Å²) in [5, 5.41) is 0.733. The number of benzene rings is 1. The molecule has 0 saturated carbocycles. The summed E-state index contributed by atoms with van der Waals surface area (Å²) < 4.78 is 11.0. The van der Waals surface area contributed by atoms with Gasteiger partial charge in [0.05, 0.1) is 6.61 Å². The van der Waals surface area contributed by atoms with Crippen molar-refractivity contribution in [2.75, 3.05) is 6.61 Å². The topological polar surface area (TPSA) is 44.2 Å². The van der Waals surface area contributed by atoms with E-state index in [-0.39, 0.29) is 0 Å². The fraction of sp³-hybridized carbons (Fsp3) is 0.286. The molecule has 0 bridgehead atoms. The van der Waals surface area contributed by atoms with Gasteiger partial charge >= 0.3 is 6.01 Å². The summed E-state index contributed by atoms with van der Waals surface area (Å²) in [7, 11) is 0. The van der Waals surface area contributed by atoms with Crippen molar-refractivity contribution >= 4 is 15.9 Å². The highest BCUT2D eigenvalue weighted by Crippen LogP contribution is 2.21. The van der Waals surface area contributed by atoms with Crippen LogP contribution in [0.5, 0.6) is 17.5 Å². The maximum atomic E-state index is 5.54. The Morgan fingerprint density at radius 3 is 2.26 bits per heavy atom. The number of hydrogen-bond acceptors (Lipinski definition) is 4. The monoisotopic (exact) mass is 322 g/mol. The quantitative estimate of drug-likeness (QED) is 0.755. The molecule has 0 fully saturated rings. The molecule has 1 aromatic carbocycles. The van der Waals surface area contributed by atoms with E-state index in [1.54, 1.807) is 12.4 Å². The van der Waals surface area contributed by atoms with Gasteiger partial charge in [0, 0.05) is 17.7 Å². The lowest BCUT2D eigenvalue weighted by atomic mass is 10.3. The van der Waals surface area contributed by atoms with Gasteiger partial charge in [0.25, 0.3) is 0 Å². The van der Waals surface area contributed by atoms with Gasteiger partial charge in [-0.05, 0) is 36.2 Å². The van der Waals surface area contributed by atoms with Crippen molar-refractivity contribution in [3.05, 3.63) is 42.2 Å². The largest absolute Gasteiger partial charge is 0.494 e. The van der Waals surface area contributed by atoms with Crippen molar-refractivity contribution in [3.63, 3.8) is 0 Å². The molecule has 0 amide bonds. The standard InChI is InChI=1S/C14H15BrN2O2/c1-2-7-18-12-3-5-13(6-4-12)19-14-16-9-11(8-15)10-17-14/h3-6,9-10H,2,7-8H2,1H3. The van der Waals surface area contributed by atoms with Gasteiger partial charge in [0.1, 0.15) is 11.5 Å². The zero-order valence-electron chi connectivity index (χ0n) is 10.7. The Morgan fingerprint density at radius 1 is 1.05 bits per heavy atom. The van der Waals surface area contributed by atoms with E-state index in [4.69, 9.17) is 9.47 Å². The number of halogens is 1. The predicted molar refractivity (Wildman–Crippen MR) is 77.0 cm³/mol. The SMILES string of the molecule is CCCOc1ccc(Oc2ncc(CBr)cn2)cc1. The molecule has 19 heavy (non-hydrogen) atoms. The summed E-state index contributed by atoms with van der Waals surface area (Å²) in [5.74, 6) is 1.53. The van der Waals surface area contributed by atoms with Gasteiger partial charge in [-0.15, -0.1) is 0 Å². The van der Waals surface area contributed by atoms with Crippen LogP contribution in [0.15, 0.2) is 36.7 Å². The van der Waals surface area contributed by atoms with Gasteiger partial charge in [0.2, 0.25) is 0 Å². The van der Waals surface area contributed by atoms with Crippen LogP contribution in [0.3, 0.4) is 0 Å². The molecule has 0 N–H and O–H groups in total. The predicted octanol–water partition coefficient (Wildman–Crippen LogP) is 3.95. The van der Waals surface area contributed by atoms with Crippen LogP contribution < -0.4 is 9.47 Å². The summed E-state index contributed by atoms with van der Waals surface area (Å²) >= 11 is 3.34. The second-order valence-corrected chi connectivity index (χ2v) is 4.49. The molecule has 4 nitrogen and oxygen atoms in total. The summed E-state index contributed by atoms with van der Waals surface area (Å²) in [6.45, 7) is 2.79. The van der Waals surface area contributed by atoms with Gasteiger partial charge in [-0.2, -0.15) is 0 Å². The second kappa shape index (κ2) is 7.09. The second-order valence-electron chi connectivity index (χ2n) is 3.93. The summed E-state index contributed by atoms with van der Waals surface area (Å²) in [6.07, 6.45) is 4.46. The molecular weight excluding hydrogens is 308 g/mol. The van der Waals surface area contributed by atoms with Crippen molar-refractivity contribution in [1.82, 2.24) is 9.97 Å². The highest BCUT2D eigenvalue weighted by Gasteiger charge is 2.01. The van der Waals surface area contributed by atoms with Gasteiger partial charge < -0.3 is 9.47 Å². The molecule has 0 aliphatic heterocycles. The number of alkyl halides is 1. The van der Waals surface area contributed by atoms with Crippen molar-refractivity contribution in [3.8, 4) is 17.5 Å². The van der Waals surface area contributed by atoms with Crippen LogP contribution in [0.2, 0.25) is 0 Å². The molecule has 1 aromatic heterocycles. The fourth-order valence-corrected chi connectivity index (χ4v) is 1.68. The first kappa shape index (κ1) is 13.8. The normalized spacial score (nSPS) is 10.2. The van der Waals surface area contributed by atoms with Crippen molar-refractivity contribution in [2.45, 2.75) is 18.7 Å². The minimum absolute atomic E-state index is 0.340. The molecule has 1 heterocycles. The van der Waals surface area contributed by atoms with Gasteiger partial charge in [0.15, 0.2) is 0 Å². The first-order chi connectivity index (χ1) is 9.31. The van der Waals surface area contributed by atoms with Crippen LogP contribution in [-0.4, -0.2) is 16.6 Å². The third kappa shape index (κ3) is 4.21. The molecule has 5 heteroatoms. The Kier molecular flexibility index (Phi) is 5.15. The summed E-state index contributed by atoms with van der Waals surface area (Å²) in [6, 6.07) is 7.77. The molecule has 0 radical (unpaired) electrons. The summed E-state index contributed by atoms with van der Waals surface area (Å²) in [4.78, 5) is 8.24. The molecule has 0 spiro atoms. The van der Waals surface area contributed by atoms with Crippen molar-refractivity contribution in [2.24, 2.45) is 0 Å². The Bertz CT molecular complexity index is 500. The van der Waals surface area contributed by atoms with E-state index in [1.807, 2.05) is 24.3 Å². The van der Waals surface area contributed by atoms with E-state index in [0.29, 0.717) is 11.8 Å². The third-order valence-corrected chi connectivity index (χ3v) is 2.99. The van der Waals surface area contributed by atoms with Crippen LogP contribution in [0, 0.1) is 0 Å². The molecule has 100 valence electrons. The van der Waals surface area contributed by atoms with Crippen LogP contribution >= 0.6 is 15.9 Å². The Morgan fingerprint density at radius 2 is 1.68 bits per heavy atom. The lowest BCUT2D eigenvalue weighted by Crippen LogP contribution is -1.95. The number of aromatic nitrogens is 2. The molecule has 0 aliphatic rings. The molecule has 2 aromatic rings. The van der Waals surface area contributed by atoms with E-state index in [9.17, 15) is 0 Å². The van der Waals surface area contributed by atoms with Crippen LogP contribution in [0.4, 0.5) is 0 Å². The first-order valence-electron chi connectivity index (χ1n) is 6.09. The Balaban J connectivity index is 1.98. The summed E-state index contributed by atoms with van der Waals surface area (Å²) in [5.41, 5.74) is 1.01. The molecule has 0 saturated heterocycles. The maximum absolute atomic E-state index is 5.54. The van der Waals surface area contributed by atoms with E-state index in [0.717, 1.165) is 29.7 Å². The third-order valence-electron chi connectivity index (χ3n) is 2.34. The van der Waals surface area contributed by atoms with Crippen LogP contribution in [0.1, 0.15) is 18.9 Å². The zero-order valence-corrected chi connectivity index (χ0v) is 12.3. The van der Waals surface area contributed by atoms with E-state index < -0.39 is 0 Å². The zero-order chi connectivity index (χ0) is 13.5. The molecular formula is C14H15BrN2O2. The average molecular weight is 323 g/mol. The lowest BCUT2D eigenvalue weighted by molar-refractivity contribution is 0.317. The molecule has 0 aliphatic carbocycles. The lowest BCUT2D eigenvalue weighted by Gasteiger charge is -2.06. The van der Waals surface area contributed by atoms with E-state index >= 15 is 0 Å². The number of rotatable bonds is 6. The maximum Gasteiger partial charge on any atom is 0.321 e.